The van der Waals surface area contributed by atoms with Crippen molar-refractivity contribution < 1.29 is 36.2 Å². The van der Waals surface area contributed by atoms with Gasteiger partial charge in [0.05, 0.1) is 28.7 Å². The third kappa shape index (κ3) is 3.70. The van der Waals surface area contributed by atoms with E-state index in [0.29, 0.717) is 18.7 Å². The molecule has 0 aliphatic carbocycles. The average molecular weight is 367 g/mol. The number of benzene rings is 1. The van der Waals surface area contributed by atoms with Gasteiger partial charge in [0.2, 0.25) is 10.0 Å². The molecule has 1 atom stereocenters. The summed E-state index contributed by atoms with van der Waals surface area (Å²) in [7, 11) is -3.07. The molecular weight excluding hydrogens is 351 g/mol. The Labute approximate surface area is 136 Å². The molecule has 0 spiro atoms. The smallest absolute Gasteiger partial charge is 0.416 e. The number of sulfonamides is 1. The fourth-order valence-corrected chi connectivity index (χ4v) is 3.86. The maximum absolute atomic E-state index is 13.0. The molecule has 1 aromatic rings. The average Bonchev–Trinajstić information content (AvgIpc) is 3.28. The van der Waals surface area contributed by atoms with Gasteiger partial charge < -0.3 is 9.84 Å². The minimum absolute atomic E-state index is 0.00978. The van der Waals surface area contributed by atoms with Gasteiger partial charge in [-0.2, -0.15) is 17.5 Å². The standard InChI is InChI=1S/C14H16F3NO5S/c1-3-10-11(13(19)20)4-8(14(15,16)17)5-12(10)24(21,22)18(2)6-9-7-23-9/h4-5,9H,3,6-7H2,1-2H3,(H,19,20)/t9-/m0/s1. The van der Waals surface area contributed by atoms with Crippen molar-refractivity contribution in [3.63, 3.8) is 0 Å². The van der Waals surface area contributed by atoms with Crippen LogP contribution in [0.2, 0.25) is 0 Å². The first-order chi connectivity index (χ1) is 11.0. The number of carbonyl (C=O) groups is 1. The van der Waals surface area contributed by atoms with Crippen molar-refractivity contribution in [3.05, 3.63) is 28.8 Å². The molecule has 10 heteroatoms. The minimum atomic E-state index is -4.86. The van der Waals surface area contributed by atoms with Gasteiger partial charge in [0.1, 0.15) is 0 Å². The summed E-state index contributed by atoms with van der Waals surface area (Å²) < 4.78 is 70.2. The highest BCUT2D eigenvalue weighted by atomic mass is 32.2. The molecule has 2 rings (SSSR count). The Balaban J connectivity index is 2.65. The second-order valence-corrected chi connectivity index (χ2v) is 7.41. The molecule has 6 nitrogen and oxygen atoms in total. The molecule has 0 saturated carbocycles. The summed E-state index contributed by atoms with van der Waals surface area (Å²) in [5.41, 5.74) is -2.13. The number of aromatic carboxylic acids is 1. The first kappa shape index (κ1) is 18.7. The van der Waals surface area contributed by atoms with Gasteiger partial charge in [0.15, 0.2) is 0 Å². The number of carboxylic acids is 1. The first-order valence-electron chi connectivity index (χ1n) is 7.03. The molecule has 1 fully saturated rings. The topological polar surface area (TPSA) is 87.2 Å². The van der Waals surface area contributed by atoms with Crippen molar-refractivity contribution in [2.75, 3.05) is 20.2 Å². The van der Waals surface area contributed by atoms with E-state index in [-0.39, 0.29) is 24.6 Å². The molecule has 1 aromatic carbocycles. The Kier molecular flexibility index (Phi) is 4.93. The van der Waals surface area contributed by atoms with Crippen molar-refractivity contribution in [2.24, 2.45) is 0 Å². The lowest BCUT2D eigenvalue weighted by Crippen LogP contribution is -2.32. The van der Waals surface area contributed by atoms with Gasteiger partial charge in [-0.3, -0.25) is 0 Å². The van der Waals surface area contributed by atoms with Gasteiger partial charge in [-0.25, -0.2) is 13.2 Å². The Hall–Kier alpha value is -1.65. The number of hydrogen-bond acceptors (Lipinski definition) is 4. The fraction of sp³-hybridized carbons (Fsp3) is 0.500. The van der Waals surface area contributed by atoms with E-state index < -0.39 is 38.2 Å². The predicted octanol–water partition coefficient (Wildman–Crippen LogP) is 1.99. The van der Waals surface area contributed by atoms with E-state index in [1.165, 1.54) is 14.0 Å². The molecule has 0 amide bonds. The summed E-state index contributed by atoms with van der Waals surface area (Å²) in [5.74, 6) is -1.61. The lowest BCUT2D eigenvalue weighted by atomic mass is 10.0. The van der Waals surface area contributed by atoms with E-state index in [9.17, 15) is 31.5 Å². The quantitative estimate of drug-likeness (QED) is 0.777. The van der Waals surface area contributed by atoms with Crippen LogP contribution in [-0.2, 0) is 27.4 Å². The number of likely N-dealkylation sites (N-methyl/N-ethyl adjacent to an activating group) is 1. The zero-order valence-electron chi connectivity index (χ0n) is 12.9. The van der Waals surface area contributed by atoms with E-state index >= 15 is 0 Å². The van der Waals surface area contributed by atoms with Crippen LogP contribution in [0.5, 0.6) is 0 Å². The van der Waals surface area contributed by atoms with Crippen LogP contribution in [0.1, 0.15) is 28.4 Å². The number of carboxylic acid groups (broad SMARTS) is 1. The predicted molar refractivity (Wildman–Crippen MR) is 77.3 cm³/mol. The lowest BCUT2D eigenvalue weighted by molar-refractivity contribution is -0.137. The second kappa shape index (κ2) is 6.34. The van der Waals surface area contributed by atoms with Crippen molar-refractivity contribution in [3.8, 4) is 0 Å². The third-order valence-electron chi connectivity index (χ3n) is 3.67. The molecule has 1 saturated heterocycles. The number of rotatable bonds is 6. The Morgan fingerprint density at radius 1 is 1.42 bits per heavy atom. The normalized spacial score (nSPS) is 18.0. The summed E-state index contributed by atoms with van der Waals surface area (Å²) in [6.07, 6.45) is -5.19. The van der Waals surface area contributed by atoms with Crippen molar-refractivity contribution >= 4 is 16.0 Å². The van der Waals surface area contributed by atoms with Crippen LogP contribution in [0, 0.1) is 0 Å². The highest BCUT2D eigenvalue weighted by molar-refractivity contribution is 7.89. The molecule has 1 aliphatic heterocycles. The molecule has 24 heavy (non-hydrogen) atoms. The SMILES string of the molecule is CCc1c(C(=O)O)cc(C(F)(F)F)cc1S(=O)(=O)N(C)C[C@H]1CO1. The fourth-order valence-electron chi connectivity index (χ4n) is 2.32. The van der Waals surface area contributed by atoms with Crippen LogP contribution in [-0.4, -0.2) is 50.1 Å². The van der Waals surface area contributed by atoms with E-state index in [1.807, 2.05) is 0 Å². The third-order valence-corrected chi connectivity index (χ3v) is 5.56. The van der Waals surface area contributed by atoms with E-state index in [1.54, 1.807) is 0 Å². The maximum atomic E-state index is 13.0. The summed E-state index contributed by atoms with van der Waals surface area (Å²) in [5, 5.41) is 9.18. The molecule has 1 aliphatic rings. The Bertz CT molecular complexity index is 756. The van der Waals surface area contributed by atoms with Gasteiger partial charge >= 0.3 is 12.1 Å². The lowest BCUT2D eigenvalue weighted by Gasteiger charge is -2.21. The zero-order chi connectivity index (χ0) is 18.3. The molecule has 0 aromatic heterocycles. The monoisotopic (exact) mass is 367 g/mol. The number of alkyl halides is 3. The van der Waals surface area contributed by atoms with Gasteiger partial charge in [0, 0.05) is 13.6 Å². The molecule has 0 radical (unpaired) electrons. The van der Waals surface area contributed by atoms with Crippen molar-refractivity contribution in [2.45, 2.75) is 30.5 Å². The van der Waals surface area contributed by atoms with Crippen LogP contribution in [0.4, 0.5) is 13.2 Å². The Morgan fingerprint density at radius 3 is 2.42 bits per heavy atom. The number of hydrogen-bond donors (Lipinski definition) is 1. The largest absolute Gasteiger partial charge is 0.478 e. The van der Waals surface area contributed by atoms with Gasteiger partial charge in [-0.15, -0.1) is 0 Å². The van der Waals surface area contributed by atoms with E-state index in [0.717, 1.165) is 4.31 Å². The number of nitrogens with zero attached hydrogens (tertiary/aromatic N) is 1. The van der Waals surface area contributed by atoms with Crippen LogP contribution in [0.25, 0.3) is 0 Å². The molecule has 134 valence electrons. The number of ether oxygens (including phenoxy) is 1. The molecule has 1 N–H and O–H groups in total. The molecule has 1 heterocycles. The Morgan fingerprint density at radius 2 is 2.00 bits per heavy atom. The summed E-state index contributed by atoms with van der Waals surface area (Å²) >= 11 is 0. The van der Waals surface area contributed by atoms with Crippen LogP contribution in [0.3, 0.4) is 0 Å². The maximum Gasteiger partial charge on any atom is 0.416 e. The highest BCUT2D eigenvalue weighted by Gasteiger charge is 2.37. The van der Waals surface area contributed by atoms with Crippen LogP contribution >= 0.6 is 0 Å². The van der Waals surface area contributed by atoms with Crippen LogP contribution in [0.15, 0.2) is 17.0 Å². The van der Waals surface area contributed by atoms with Gasteiger partial charge in [-0.1, -0.05) is 6.92 Å². The summed E-state index contributed by atoms with van der Waals surface area (Å²) in [4.78, 5) is 10.7. The first-order valence-corrected chi connectivity index (χ1v) is 8.47. The molecular formula is C14H16F3NO5S. The zero-order valence-corrected chi connectivity index (χ0v) is 13.7. The highest BCUT2D eigenvalue weighted by Crippen LogP contribution is 2.35. The minimum Gasteiger partial charge on any atom is -0.478 e. The van der Waals surface area contributed by atoms with Crippen molar-refractivity contribution in [1.29, 1.82) is 0 Å². The summed E-state index contributed by atoms with van der Waals surface area (Å²) in [6, 6.07) is 0.953. The number of halogens is 3. The summed E-state index contributed by atoms with van der Waals surface area (Å²) in [6.45, 7) is 1.85. The number of epoxide rings is 1. The second-order valence-electron chi connectivity index (χ2n) is 5.40. The van der Waals surface area contributed by atoms with Crippen molar-refractivity contribution in [1.82, 2.24) is 4.31 Å². The molecule has 0 unspecified atom stereocenters. The van der Waals surface area contributed by atoms with E-state index in [2.05, 4.69) is 0 Å². The van der Waals surface area contributed by atoms with Crippen LogP contribution < -0.4 is 0 Å². The van der Waals surface area contributed by atoms with Gasteiger partial charge in [-0.05, 0) is 24.1 Å². The molecule has 0 bridgehead atoms. The van der Waals surface area contributed by atoms with E-state index in [4.69, 9.17) is 4.74 Å². The van der Waals surface area contributed by atoms with Gasteiger partial charge in [0.25, 0.3) is 0 Å².